The molecule has 170 valence electrons. The second-order valence-corrected chi connectivity index (χ2v) is 12.2. The Morgan fingerprint density at radius 1 is 1.09 bits per heavy atom. The van der Waals surface area contributed by atoms with E-state index in [1.54, 1.807) is 23.1 Å². The number of rotatable bonds is 4. The van der Waals surface area contributed by atoms with Gasteiger partial charge in [-0.05, 0) is 60.8 Å². The van der Waals surface area contributed by atoms with Gasteiger partial charge in [0.15, 0.2) is 5.16 Å². The molecule has 0 amide bonds. The Kier molecular flexibility index (Phi) is 5.96. The topological polar surface area (TPSA) is 34.9 Å². The van der Waals surface area contributed by atoms with Crippen molar-refractivity contribution in [3.05, 3.63) is 86.5 Å². The minimum absolute atomic E-state index is 0.0751. The van der Waals surface area contributed by atoms with E-state index < -0.39 is 0 Å². The van der Waals surface area contributed by atoms with Crippen LogP contribution in [0.15, 0.2) is 64.5 Å². The molecule has 2 aromatic carbocycles. The number of aryl methyl sites for hydroxylation is 2. The van der Waals surface area contributed by atoms with E-state index in [-0.39, 0.29) is 11.0 Å². The summed E-state index contributed by atoms with van der Waals surface area (Å²) in [5.74, 6) is 1.42. The fourth-order valence-corrected chi connectivity index (χ4v) is 7.00. The third kappa shape index (κ3) is 4.41. The molecule has 3 nitrogen and oxygen atoms in total. The van der Waals surface area contributed by atoms with Crippen LogP contribution < -0.4 is 5.56 Å². The summed E-state index contributed by atoms with van der Waals surface area (Å²) >= 11 is 3.38. The normalized spacial score (nSPS) is 16.2. The number of nitrogens with zero attached hydrogens (tertiary/aromatic N) is 2. The van der Waals surface area contributed by atoms with Crippen molar-refractivity contribution in [3.63, 3.8) is 0 Å². The third-order valence-electron chi connectivity index (χ3n) is 6.78. The number of thioether (sulfide) groups is 1. The summed E-state index contributed by atoms with van der Waals surface area (Å²) in [7, 11) is 0. The predicted molar refractivity (Wildman–Crippen MR) is 141 cm³/mol. The van der Waals surface area contributed by atoms with Crippen LogP contribution in [0.2, 0.25) is 0 Å². The first-order valence-electron chi connectivity index (χ1n) is 11.6. The molecule has 0 bridgehead atoms. The molecule has 0 saturated carbocycles. The number of aromatic nitrogens is 2. The highest BCUT2D eigenvalue weighted by atomic mass is 32.2. The van der Waals surface area contributed by atoms with Gasteiger partial charge in [-0.15, -0.1) is 11.3 Å². The van der Waals surface area contributed by atoms with E-state index in [9.17, 15) is 4.79 Å². The highest BCUT2D eigenvalue weighted by molar-refractivity contribution is 7.98. The van der Waals surface area contributed by atoms with Gasteiger partial charge < -0.3 is 0 Å². The summed E-state index contributed by atoms with van der Waals surface area (Å²) in [5, 5.41) is 1.61. The summed E-state index contributed by atoms with van der Waals surface area (Å²) in [6.45, 7) is 9.06. The number of benzene rings is 2. The van der Waals surface area contributed by atoms with Crippen molar-refractivity contribution in [1.82, 2.24) is 9.55 Å². The molecule has 1 aliphatic rings. The Morgan fingerprint density at radius 3 is 2.52 bits per heavy atom. The van der Waals surface area contributed by atoms with Crippen LogP contribution in [0.1, 0.15) is 48.8 Å². The van der Waals surface area contributed by atoms with Gasteiger partial charge in [0.2, 0.25) is 0 Å². The van der Waals surface area contributed by atoms with Crippen molar-refractivity contribution >= 4 is 33.3 Å². The van der Waals surface area contributed by atoms with Gasteiger partial charge in [-0.25, -0.2) is 4.98 Å². The molecule has 0 N–H and O–H groups in total. The van der Waals surface area contributed by atoms with Crippen molar-refractivity contribution < 1.29 is 0 Å². The molecule has 5 rings (SSSR count). The Morgan fingerprint density at radius 2 is 1.82 bits per heavy atom. The monoisotopic (exact) mass is 474 g/mol. The van der Waals surface area contributed by atoms with Crippen LogP contribution in [0.5, 0.6) is 0 Å². The maximum absolute atomic E-state index is 14.0. The molecular weight excluding hydrogens is 444 g/mol. The van der Waals surface area contributed by atoms with E-state index in [4.69, 9.17) is 4.98 Å². The van der Waals surface area contributed by atoms with Gasteiger partial charge in [-0.2, -0.15) is 0 Å². The zero-order chi connectivity index (χ0) is 23.2. The molecule has 5 heteroatoms. The Labute approximate surface area is 203 Å². The number of fused-ring (bicyclic) bond motifs is 3. The van der Waals surface area contributed by atoms with Crippen LogP contribution in [-0.2, 0) is 18.6 Å². The molecule has 0 radical (unpaired) electrons. The zero-order valence-electron chi connectivity index (χ0n) is 19.7. The first kappa shape index (κ1) is 22.4. The van der Waals surface area contributed by atoms with E-state index in [1.165, 1.54) is 21.6 Å². The largest absolute Gasteiger partial charge is 0.268 e. The van der Waals surface area contributed by atoms with Gasteiger partial charge >= 0.3 is 0 Å². The average molecular weight is 475 g/mol. The van der Waals surface area contributed by atoms with Crippen LogP contribution in [0.4, 0.5) is 0 Å². The summed E-state index contributed by atoms with van der Waals surface area (Å²) in [6, 6.07) is 18.6. The van der Waals surface area contributed by atoms with E-state index in [0.717, 1.165) is 46.1 Å². The van der Waals surface area contributed by atoms with E-state index in [0.29, 0.717) is 5.92 Å². The lowest BCUT2D eigenvalue weighted by Gasteiger charge is -2.33. The average Bonchev–Trinajstić information content (AvgIpc) is 3.16. The van der Waals surface area contributed by atoms with E-state index >= 15 is 0 Å². The van der Waals surface area contributed by atoms with Gasteiger partial charge in [0, 0.05) is 10.6 Å². The fourth-order valence-electron chi connectivity index (χ4n) is 4.69. The molecule has 0 spiro atoms. The Hall–Kier alpha value is -2.37. The van der Waals surface area contributed by atoms with Crippen molar-refractivity contribution in [2.45, 2.75) is 57.9 Å². The van der Waals surface area contributed by atoms with Crippen LogP contribution in [0.3, 0.4) is 0 Å². The molecule has 2 heterocycles. The maximum atomic E-state index is 14.0. The lowest BCUT2D eigenvalue weighted by Crippen LogP contribution is -2.27. The molecule has 0 saturated heterocycles. The summed E-state index contributed by atoms with van der Waals surface area (Å²) in [5.41, 5.74) is 4.89. The first-order valence-corrected chi connectivity index (χ1v) is 13.4. The van der Waals surface area contributed by atoms with Gasteiger partial charge in [0.1, 0.15) is 4.83 Å². The van der Waals surface area contributed by atoms with Gasteiger partial charge in [-0.1, -0.05) is 80.6 Å². The van der Waals surface area contributed by atoms with E-state index in [1.807, 2.05) is 22.8 Å². The van der Waals surface area contributed by atoms with Crippen LogP contribution in [0, 0.1) is 18.3 Å². The number of hydrogen-bond donors (Lipinski definition) is 0. The molecule has 4 aromatic rings. The van der Waals surface area contributed by atoms with E-state index in [2.05, 4.69) is 64.1 Å². The summed E-state index contributed by atoms with van der Waals surface area (Å²) < 4.78 is 1.83. The quantitative estimate of drug-likeness (QED) is 0.232. The minimum atomic E-state index is 0.0751. The molecular formula is C28H30N2OS2. The molecule has 2 aromatic heterocycles. The first-order chi connectivity index (χ1) is 15.8. The molecule has 1 atom stereocenters. The van der Waals surface area contributed by atoms with Crippen LogP contribution >= 0.6 is 23.1 Å². The predicted octanol–water partition coefficient (Wildman–Crippen LogP) is 7.20. The van der Waals surface area contributed by atoms with Gasteiger partial charge in [-0.3, -0.25) is 9.36 Å². The molecule has 1 aliphatic carbocycles. The van der Waals surface area contributed by atoms with Gasteiger partial charge in [0.25, 0.3) is 5.56 Å². The number of hydrogen-bond acceptors (Lipinski definition) is 4. The number of thiophene rings is 1. The second kappa shape index (κ2) is 8.77. The van der Waals surface area contributed by atoms with Crippen molar-refractivity contribution in [2.24, 2.45) is 11.3 Å². The summed E-state index contributed by atoms with van der Waals surface area (Å²) in [6.07, 6.45) is 3.16. The smallest absolute Gasteiger partial charge is 0.267 e. The zero-order valence-corrected chi connectivity index (χ0v) is 21.4. The molecule has 0 fully saturated rings. The minimum Gasteiger partial charge on any atom is -0.268 e. The molecule has 0 aliphatic heterocycles. The summed E-state index contributed by atoms with van der Waals surface area (Å²) in [4.78, 5) is 21.3. The SMILES string of the molecule is Cc1ccc(-n2c(SCc3ccccc3)nc3sc4c(c3c2=O)CC[C@@H](C(C)(C)C)C4)cc1. The van der Waals surface area contributed by atoms with Gasteiger partial charge in [0.05, 0.1) is 11.1 Å². The lowest BCUT2D eigenvalue weighted by molar-refractivity contribution is 0.218. The van der Waals surface area contributed by atoms with Crippen LogP contribution in [-0.4, -0.2) is 9.55 Å². The fraction of sp³-hybridized carbons (Fsp3) is 0.357. The third-order valence-corrected chi connectivity index (χ3v) is 8.94. The molecule has 0 unspecified atom stereocenters. The second-order valence-electron chi connectivity index (χ2n) is 10.1. The lowest BCUT2D eigenvalue weighted by atomic mass is 9.72. The van der Waals surface area contributed by atoms with Crippen LogP contribution in [0.25, 0.3) is 15.9 Å². The Balaban J connectivity index is 1.64. The van der Waals surface area contributed by atoms with Crippen molar-refractivity contribution in [2.75, 3.05) is 0 Å². The maximum Gasteiger partial charge on any atom is 0.267 e. The highest BCUT2D eigenvalue weighted by Gasteiger charge is 2.32. The van der Waals surface area contributed by atoms with Crippen molar-refractivity contribution in [3.8, 4) is 5.69 Å². The standard InChI is InChI=1S/C28H30N2OS2/c1-18-10-13-21(14-11-18)30-26(31)24-22-15-12-20(28(2,3)4)16-23(22)33-25(24)29-27(30)32-17-19-8-6-5-7-9-19/h5-11,13-14,20H,12,15-17H2,1-4H3/t20-/m1/s1. The Bertz CT molecular complexity index is 1350. The highest BCUT2D eigenvalue weighted by Crippen LogP contribution is 2.42. The van der Waals surface area contributed by atoms with Crippen molar-refractivity contribution in [1.29, 1.82) is 0 Å². The molecule has 33 heavy (non-hydrogen) atoms.